The fourth-order valence-corrected chi connectivity index (χ4v) is 4.72. The highest BCUT2D eigenvalue weighted by Crippen LogP contribution is 2.26. The SMILES string of the molecule is Cc1sc(C(=O)O)cc1S(=O)(=O)NC1CC(=O)N(C)C1. The second kappa shape index (κ2) is 5.15. The van der Waals surface area contributed by atoms with Crippen LogP contribution >= 0.6 is 11.3 Å². The van der Waals surface area contributed by atoms with Crippen LogP contribution in [0.25, 0.3) is 0 Å². The fraction of sp³-hybridized carbons (Fsp3) is 0.455. The summed E-state index contributed by atoms with van der Waals surface area (Å²) in [5.74, 6) is -1.28. The Morgan fingerprint density at radius 2 is 2.20 bits per heavy atom. The number of thiophene rings is 1. The Kier molecular flexibility index (Phi) is 3.85. The average molecular weight is 318 g/mol. The van der Waals surface area contributed by atoms with Crippen LogP contribution in [0.15, 0.2) is 11.0 Å². The van der Waals surface area contributed by atoms with E-state index in [2.05, 4.69) is 4.72 Å². The number of rotatable bonds is 4. The first-order valence-corrected chi connectivity index (χ1v) is 8.10. The van der Waals surface area contributed by atoms with Crippen molar-refractivity contribution in [3.05, 3.63) is 15.8 Å². The number of aryl methyl sites for hydroxylation is 1. The number of hydrogen-bond donors (Lipinski definition) is 2. The zero-order valence-electron chi connectivity index (χ0n) is 10.9. The van der Waals surface area contributed by atoms with Crippen molar-refractivity contribution in [1.82, 2.24) is 9.62 Å². The maximum atomic E-state index is 12.2. The van der Waals surface area contributed by atoms with Gasteiger partial charge in [0.1, 0.15) is 4.88 Å². The molecular formula is C11H14N2O5S2. The van der Waals surface area contributed by atoms with Gasteiger partial charge in [-0.2, -0.15) is 0 Å². The van der Waals surface area contributed by atoms with E-state index < -0.39 is 22.0 Å². The van der Waals surface area contributed by atoms with Crippen LogP contribution in [0.5, 0.6) is 0 Å². The molecule has 7 nitrogen and oxygen atoms in total. The van der Waals surface area contributed by atoms with Crippen molar-refractivity contribution in [3.8, 4) is 0 Å². The molecule has 9 heteroatoms. The van der Waals surface area contributed by atoms with Crippen molar-refractivity contribution in [2.75, 3.05) is 13.6 Å². The van der Waals surface area contributed by atoms with Crippen LogP contribution in [-0.2, 0) is 14.8 Å². The molecule has 0 aliphatic carbocycles. The van der Waals surface area contributed by atoms with Crippen molar-refractivity contribution >= 4 is 33.2 Å². The number of amides is 1. The fourth-order valence-electron chi connectivity index (χ4n) is 2.06. The van der Waals surface area contributed by atoms with Gasteiger partial charge in [-0.1, -0.05) is 0 Å². The van der Waals surface area contributed by atoms with E-state index in [1.165, 1.54) is 4.90 Å². The topological polar surface area (TPSA) is 104 Å². The lowest BCUT2D eigenvalue weighted by atomic mass is 10.3. The molecule has 1 aliphatic heterocycles. The van der Waals surface area contributed by atoms with Gasteiger partial charge in [0.15, 0.2) is 0 Å². The molecule has 0 radical (unpaired) electrons. The second-order valence-electron chi connectivity index (χ2n) is 4.63. The molecule has 2 heterocycles. The Bertz CT molecular complexity index is 664. The Morgan fingerprint density at radius 3 is 2.65 bits per heavy atom. The number of hydrogen-bond acceptors (Lipinski definition) is 5. The monoisotopic (exact) mass is 318 g/mol. The number of carboxylic acids is 1. The smallest absolute Gasteiger partial charge is 0.345 e. The minimum Gasteiger partial charge on any atom is -0.477 e. The second-order valence-corrected chi connectivity index (χ2v) is 7.57. The highest BCUT2D eigenvalue weighted by Gasteiger charge is 2.32. The highest BCUT2D eigenvalue weighted by atomic mass is 32.2. The predicted molar refractivity (Wildman–Crippen MR) is 72.4 cm³/mol. The summed E-state index contributed by atoms with van der Waals surface area (Å²) >= 11 is 0.912. The molecule has 1 amide bonds. The van der Waals surface area contributed by atoms with E-state index in [-0.39, 0.29) is 22.1 Å². The number of sulfonamides is 1. The summed E-state index contributed by atoms with van der Waals surface area (Å²) in [5, 5.41) is 8.89. The number of likely N-dealkylation sites (N-methyl/N-ethyl adjacent to an activating group) is 1. The minimum absolute atomic E-state index is 0.0255. The first-order valence-electron chi connectivity index (χ1n) is 5.80. The molecule has 1 atom stereocenters. The number of nitrogens with zero attached hydrogens (tertiary/aromatic N) is 1. The predicted octanol–water partition coefficient (Wildman–Crippen LogP) is 0.264. The van der Waals surface area contributed by atoms with E-state index in [4.69, 9.17) is 5.11 Å². The van der Waals surface area contributed by atoms with Crippen molar-refractivity contribution in [2.45, 2.75) is 24.3 Å². The molecule has 110 valence electrons. The molecule has 1 aromatic heterocycles. The molecule has 1 aromatic rings. The summed E-state index contributed by atoms with van der Waals surface area (Å²) in [6.07, 6.45) is 0.116. The quantitative estimate of drug-likeness (QED) is 0.829. The summed E-state index contributed by atoms with van der Waals surface area (Å²) in [5.41, 5.74) is 0. The van der Waals surface area contributed by atoms with Crippen molar-refractivity contribution in [2.24, 2.45) is 0 Å². The first kappa shape index (κ1) is 14.9. The molecule has 1 aliphatic rings. The Morgan fingerprint density at radius 1 is 1.55 bits per heavy atom. The van der Waals surface area contributed by atoms with E-state index in [0.717, 1.165) is 17.4 Å². The van der Waals surface area contributed by atoms with E-state index in [0.29, 0.717) is 11.4 Å². The molecule has 0 aromatic carbocycles. The molecule has 1 fully saturated rings. The molecule has 2 rings (SSSR count). The van der Waals surface area contributed by atoms with E-state index >= 15 is 0 Å². The lowest BCUT2D eigenvalue weighted by Gasteiger charge is -2.12. The van der Waals surface area contributed by atoms with Crippen LogP contribution in [-0.4, -0.2) is 49.9 Å². The van der Waals surface area contributed by atoms with E-state index in [1.807, 2.05) is 0 Å². The zero-order chi connectivity index (χ0) is 15.1. The van der Waals surface area contributed by atoms with Crippen LogP contribution in [0.3, 0.4) is 0 Å². The standard InChI is InChI=1S/C11H14N2O5S2/c1-6-9(4-8(19-6)11(15)16)20(17,18)12-7-3-10(14)13(2)5-7/h4,7,12H,3,5H2,1-2H3,(H,15,16). The molecule has 1 unspecified atom stereocenters. The third kappa shape index (κ3) is 2.84. The number of carbonyl (C=O) groups excluding carboxylic acids is 1. The number of carboxylic acid groups (broad SMARTS) is 1. The molecular weight excluding hydrogens is 304 g/mol. The largest absolute Gasteiger partial charge is 0.477 e. The van der Waals surface area contributed by atoms with Gasteiger partial charge >= 0.3 is 5.97 Å². The van der Waals surface area contributed by atoms with Crippen LogP contribution in [0.4, 0.5) is 0 Å². The summed E-state index contributed by atoms with van der Waals surface area (Å²) in [6.45, 7) is 1.87. The lowest BCUT2D eigenvalue weighted by Crippen LogP contribution is -2.36. The van der Waals surface area contributed by atoms with E-state index in [9.17, 15) is 18.0 Å². The van der Waals surface area contributed by atoms with Crippen LogP contribution in [0, 0.1) is 6.92 Å². The molecule has 0 saturated carbocycles. The number of aromatic carboxylic acids is 1. The maximum absolute atomic E-state index is 12.2. The molecule has 0 bridgehead atoms. The Labute approximate surface area is 120 Å². The number of nitrogens with one attached hydrogen (secondary N) is 1. The van der Waals surface area contributed by atoms with Gasteiger partial charge in [-0.25, -0.2) is 17.9 Å². The molecule has 1 saturated heterocycles. The Balaban J connectivity index is 2.23. The van der Waals surface area contributed by atoms with Crippen molar-refractivity contribution < 1.29 is 23.1 Å². The van der Waals surface area contributed by atoms with Crippen LogP contribution in [0.2, 0.25) is 0 Å². The summed E-state index contributed by atoms with van der Waals surface area (Å²) in [7, 11) is -2.21. The Hall–Kier alpha value is -1.45. The molecule has 20 heavy (non-hydrogen) atoms. The lowest BCUT2D eigenvalue weighted by molar-refractivity contribution is -0.126. The van der Waals surface area contributed by atoms with Crippen LogP contribution in [0.1, 0.15) is 21.0 Å². The van der Waals surface area contributed by atoms with Gasteiger partial charge in [-0.15, -0.1) is 11.3 Å². The highest BCUT2D eigenvalue weighted by molar-refractivity contribution is 7.89. The average Bonchev–Trinajstić information content (AvgIpc) is 2.83. The van der Waals surface area contributed by atoms with Gasteiger partial charge < -0.3 is 10.0 Å². The summed E-state index contributed by atoms with van der Waals surface area (Å²) in [4.78, 5) is 24.0. The van der Waals surface area contributed by atoms with Crippen LogP contribution < -0.4 is 4.72 Å². The summed E-state index contributed by atoms with van der Waals surface area (Å²) < 4.78 is 26.9. The molecule has 0 spiro atoms. The van der Waals surface area contributed by atoms with Gasteiger partial charge in [-0.05, 0) is 13.0 Å². The van der Waals surface area contributed by atoms with Crippen molar-refractivity contribution in [3.63, 3.8) is 0 Å². The maximum Gasteiger partial charge on any atom is 0.345 e. The van der Waals surface area contributed by atoms with Gasteiger partial charge in [0.25, 0.3) is 0 Å². The van der Waals surface area contributed by atoms with Gasteiger partial charge in [-0.3, -0.25) is 4.79 Å². The zero-order valence-corrected chi connectivity index (χ0v) is 12.5. The first-order chi connectivity index (χ1) is 9.20. The molecule has 2 N–H and O–H groups in total. The van der Waals surface area contributed by atoms with Gasteiger partial charge in [0, 0.05) is 30.9 Å². The minimum atomic E-state index is -3.82. The normalized spacial score (nSPS) is 19.6. The summed E-state index contributed by atoms with van der Waals surface area (Å²) in [6, 6.07) is 0.663. The van der Waals surface area contributed by atoms with Gasteiger partial charge in [0.05, 0.1) is 4.90 Å². The third-order valence-corrected chi connectivity index (χ3v) is 5.85. The van der Waals surface area contributed by atoms with Gasteiger partial charge in [0.2, 0.25) is 15.9 Å². The number of carbonyl (C=O) groups is 2. The number of likely N-dealkylation sites (tertiary alicyclic amines) is 1. The van der Waals surface area contributed by atoms with E-state index in [1.54, 1.807) is 14.0 Å². The third-order valence-electron chi connectivity index (χ3n) is 3.04. The van der Waals surface area contributed by atoms with Crippen molar-refractivity contribution in [1.29, 1.82) is 0 Å².